The SMILES string of the molecule is COc1ccc(NC2=NOC(c3ccc(F)c(Cl)c3)(C(Cl)Cl)C2)cc1CCC(N)=O. The fourth-order valence-electron chi connectivity index (χ4n) is 3.15. The number of hydrogen-bond acceptors (Lipinski definition) is 5. The Morgan fingerprint density at radius 1 is 1.37 bits per heavy atom. The van der Waals surface area contributed by atoms with E-state index >= 15 is 0 Å². The van der Waals surface area contributed by atoms with Crippen molar-refractivity contribution in [2.24, 2.45) is 10.9 Å². The van der Waals surface area contributed by atoms with E-state index in [0.717, 1.165) is 5.56 Å². The molecule has 30 heavy (non-hydrogen) atoms. The molecule has 0 spiro atoms. The van der Waals surface area contributed by atoms with Crippen molar-refractivity contribution in [3.05, 3.63) is 58.4 Å². The minimum atomic E-state index is -1.22. The number of amidine groups is 1. The van der Waals surface area contributed by atoms with Crippen LogP contribution in [0.2, 0.25) is 5.02 Å². The third-order valence-electron chi connectivity index (χ3n) is 4.72. The second-order valence-corrected chi connectivity index (χ2v) is 8.25. The first-order valence-corrected chi connectivity index (χ1v) is 10.2. The Labute approximate surface area is 188 Å². The molecule has 1 aliphatic rings. The standard InChI is InChI=1S/C20H19Cl3FN3O3/c1-29-16-6-4-13(8-11(16)2-7-17(25)28)26-18-10-20(19(22)23,30-27-18)12-3-5-15(24)14(21)9-12/h3-6,8-9,19H,2,7,10H2,1H3,(H2,25,28)(H,26,27). The van der Waals surface area contributed by atoms with Gasteiger partial charge in [0.05, 0.1) is 18.6 Å². The van der Waals surface area contributed by atoms with E-state index in [1.807, 2.05) is 6.07 Å². The summed E-state index contributed by atoms with van der Waals surface area (Å²) < 4.78 is 18.9. The van der Waals surface area contributed by atoms with E-state index in [2.05, 4.69) is 10.5 Å². The Morgan fingerprint density at radius 3 is 2.77 bits per heavy atom. The van der Waals surface area contributed by atoms with Gasteiger partial charge in [-0.3, -0.25) is 4.79 Å². The minimum Gasteiger partial charge on any atom is -0.496 e. The van der Waals surface area contributed by atoms with Gasteiger partial charge in [-0.1, -0.05) is 22.8 Å². The molecular weight excluding hydrogens is 456 g/mol. The van der Waals surface area contributed by atoms with E-state index in [-0.39, 0.29) is 17.9 Å². The molecule has 1 aliphatic heterocycles. The molecule has 1 amide bonds. The summed E-state index contributed by atoms with van der Waals surface area (Å²) in [6, 6.07) is 9.54. The smallest absolute Gasteiger partial charge is 0.217 e. The maximum atomic E-state index is 13.6. The molecule has 6 nitrogen and oxygen atoms in total. The zero-order chi connectivity index (χ0) is 21.9. The first-order chi connectivity index (χ1) is 14.2. The maximum Gasteiger partial charge on any atom is 0.217 e. The number of carbonyl (C=O) groups is 1. The van der Waals surface area contributed by atoms with E-state index in [1.54, 1.807) is 19.2 Å². The summed E-state index contributed by atoms with van der Waals surface area (Å²) >= 11 is 18.3. The second kappa shape index (κ2) is 9.29. The molecule has 3 N–H and O–H groups in total. The highest BCUT2D eigenvalue weighted by atomic mass is 35.5. The van der Waals surface area contributed by atoms with Crippen molar-refractivity contribution in [1.82, 2.24) is 0 Å². The molecule has 1 atom stereocenters. The van der Waals surface area contributed by atoms with Gasteiger partial charge in [0.15, 0.2) is 16.3 Å². The summed E-state index contributed by atoms with van der Waals surface area (Å²) in [5, 5.41) is 7.16. The summed E-state index contributed by atoms with van der Waals surface area (Å²) in [6.07, 6.45) is 0.828. The number of nitrogens with zero attached hydrogens (tertiary/aromatic N) is 1. The number of amides is 1. The summed E-state index contributed by atoms with van der Waals surface area (Å²) in [5.74, 6) is 0.147. The number of oxime groups is 1. The molecule has 1 heterocycles. The predicted octanol–water partition coefficient (Wildman–Crippen LogP) is 4.75. The van der Waals surface area contributed by atoms with E-state index < -0.39 is 22.2 Å². The number of methoxy groups -OCH3 is 1. The summed E-state index contributed by atoms with van der Waals surface area (Å²) in [7, 11) is 1.55. The number of anilines is 1. The fourth-order valence-corrected chi connectivity index (χ4v) is 3.82. The van der Waals surface area contributed by atoms with Gasteiger partial charge in [-0.05, 0) is 42.3 Å². The lowest BCUT2D eigenvalue weighted by atomic mass is 9.92. The molecule has 0 radical (unpaired) electrons. The van der Waals surface area contributed by atoms with Crippen LogP contribution in [0.5, 0.6) is 5.75 Å². The topological polar surface area (TPSA) is 85.9 Å². The molecule has 0 bridgehead atoms. The van der Waals surface area contributed by atoms with Crippen molar-refractivity contribution in [1.29, 1.82) is 0 Å². The van der Waals surface area contributed by atoms with Crippen molar-refractivity contribution in [2.75, 3.05) is 12.4 Å². The summed E-state index contributed by atoms with van der Waals surface area (Å²) in [5.41, 5.74) is 6.04. The number of halogens is 4. The Hall–Kier alpha value is -2.22. The number of nitrogens with one attached hydrogen (secondary N) is 1. The third-order valence-corrected chi connectivity index (χ3v) is 5.71. The molecule has 3 rings (SSSR count). The van der Waals surface area contributed by atoms with Crippen LogP contribution in [-0.2, 0) is 21.7 Å². The van der Waals surface area contributed by atoms with Crippen LogP contribution >= 0.6 is 34.8 Å². The molecule has 160 valence electrons. The van der Waals surface area contributed by atoms with Crippen LogP contribution in [0, 0.1) is 5.82 Å². The monoisotopic (exact) mass is 473 g/mol. The number of ether oxygens (including phenoxy) is 1. The number of rotatable bonds is 7. The number of alkyl halides is 2. The zero-order valence-electron chi connectivity index (χ0n) is 15.9. The Bertz CT molecular complexity index is 987. The summed E-state index contributed by atoms with van der Waals surface area (Å²) in [6.45, 7) is 0. The minimum absolute atomic E-state index is 0.0693. The largest absolute Gasteiger partial charge is 0.496 e. The van der Waals surface area contributed by atoms with Crippen molar-refractivity contribution in [3.63, 3.8) is 0 Å². The molecule has 2 aromatic rings. The van der Waals surface area contributed by atoms with Gasteiger partial charge < -0.3 is 20.6 Å². The Morgan fingerprint density at radius 2 is 2.13 bits per heavy atom. The van der Waals surface area contributed by atoms with Gasteiger partial charge in [-0.25, -0.2) is 4.39 Å². The van der Waals surface area contributed by atoms with Crippen molar-refractivity contribution >= 4 is 52.2 Å². The lowest BCUT2D eigenvalue weighted by molar-refractivity contribution is -0.117. The van der Waals surface area contributed by atoms with Crippen LogP contribution in [0.15, 0.2) is 41.6 Å². The van der Waals surface area contributed by atoms with Gasteiger partial charge in [0.2, 0.25) is 5.91 Å². The highest BCUT2D eigenvalue weighted by Crippen LogP contribution is 2.43. The van der Waals surface area contributed by atoms with E-state index in [0.29, 0.717) is 29.3 Å². The Balaban J connectivity index is 1.80. The zero-order valence-corrected chi connectivity index (χ0v) is 18.2. The van der Waals surface area contributed by atoms with Crippen LogP contribution in [0.25, 0.3) is 0 Å². The van der Waals surface area contributed by atoms with Gasteiger partial charge in [-0.15, -0.1) is 23.2 Å². The summed E-state index contributed by atoms with van der Waals surface area (Å²) in [4.78, 5) is 15.7. The number of hydrogen-bond donors (Lipinski definition) is 2. The lowest BCUT2D eigenvalue weighted by Gasteiger charge is -2.28. The highest BCUT2D eigenvalue weighted by molar-refractivity contribution is 6.45. The highest BCUT2D eigenvalue weighted by Gasteiger charge is 2.47. The predicted molar refractivity (Wildman–Crippen MR) is 116 cm³/mol. The van der Waals surface area contributed by atoms with Crippen molar-refractivity contribution in [3.8, 4) is 5.75 Å². The fraction of sp³-hybridized carbons (Fsp3) is 0.300. The first-order valence-electron chi connectivity index (χ1n) is 8.96. The van der Waals surface area contributed by atoms with Gasteiger partial charge in [-0.2, -0.15) is 0 Å². The average Bonchev–Trinajstić information content (AvgIpc) is 3.13. The van der Waals surface area contributed by atoms with Crippen molar-refractivity contribution < 1.29 is 18.8 Å². The third kappa shape index (κ3) is 4.74. The number of aryl methyl sites for hydroxylation is 1. The van der Waals surface area contributed by atoms with Gasteiger partial charge in [0.1, 0.15) is 11.6 Å². The number of carbonyl (C=O) groups excluding carboxylic acids is 1. The van der Waals surface area contributed by atoms with E-state index in [4.69, 9.17) is 50.1 Å². The lowest BCUT2D eigenvalue weighted by Crippen LogP contribution is -2.34. The molecule has 0 fully saturated rings. The maximum absolute atomic E-state index is 13.6. The molecular formula is C20H19Cl3FN3O3. The number of primary amides is 1. The molecule has 0 aromatic heterocycles. The Kier molecular flexibility index (Phi) is 6.95. The van der Waals surface area contributed by atoms with Gasteiger partial charge in [0.25, 0.3) is 0 Å². The quantitative estimate of drug-likeness (QED) is 0.567. The molecule has 2 aromatic carbocycles. The van der Waals surface area contributed by atoms with Crippen LogP contribution in [0.4, 0.5) is 10.1 Å². The molecule has 0 saturated carbocycles. The van der Waals surface area contributed by atoms with Crippen LogP contribution in [0.1, 0.15) is 24.0 Å². The van der Waals surface area contributed by atoms with Crippen LogP contribution in [0.3, 0.4) is 0 Å². The normalized spacial score (nSPS) is 18.1. The molecule has 0 aliphatic carbocycles. The number of benzene rings is 2. The first kappa shape index (κ1) is 22.5. The van der Waals surface area contributed by atoms with Gasteiger partial charge in [0, 0.05) is 17.7 Å². The van der Waals surface area contributed by atoms with E-state index in [9.17, 15) is 9.18 Å². The van der Waals surface area contributed by atoms with Crippen LogP contribution < -0.4 is 15.8 Å². The molecule has 1 unspecified atom stereocenters. The van der Waals surface area contributed by atoms with Crippen LogP contribution in [-0.4, -0.2) is 23.7 Å². The van der Waals surface area contributed by atoms with Crippen molar-refractivity contribution in [2.45, 2.75) is 29.7 Å². The van der Waals surface area contributed by atoms with E-state index in [1.165, 1.54) is 18.2 Å². The number of nitrogens with two attached hydrogens (primary N) is 1. The molecule has 0 saturated heterocycles. The van der Waals surface area contributed by atoms with Gasteiger partial charge >= 0.3 is 0 Å². The molecule has 10 heteroatoms. The second-order valence-electron chi connectivity index (χ2n) is 6.74. The average molecular weight is 475 g/mol.